The van der Waals surface area contributed by atoms with Gasteiger partial charge in [0.2, 0.25) is 0 Å². The number of nitrogens with zero attached hydrogens (tertiary/aromatic N) is 2. The monoisotopic (exact) mass is 215 g/mol. The van der Waals surface area contributed by atoms with Crippen LogP contribution in [-0.4, -0.2) is 9.78 Å². The number of aryl methyl sites for hydroxylation is 1. The molecule has 0 saturated carbocycles. The van der Waals surface area contributed by atoms with E-state index in [4.69, 9.17) is 0 Å². The third kappa shape index (κ3) is 2.86. The molecule has 2 aromatic rings. The standard InChI is InChI=1S/C13H17N3/c1-2-8-16-11-13(10-15-16)14-9-12-6-4-3-5-7-12/h3-7,10-11,14H,2,8-9H2,1H3. The lowest BCUT2D eigenvalue weighted by Gasteiger charge is -2.02. The molecule has 16 heavy (non-hydrogen) atoms. The first kappa shape index (κ1) is 10.7. The van der Waals surface area contributed by atoms with Crippen molar-refractivity contribution >= 4 is 5.69 Å². The second-order valence-electron chi connectivity index (χ2n) is 3.83. The van der Waals surface area contributed by atoms with Crippen LogP contribution < -0.4 is 5.32 Å². The fourth-order valence-electron chi connectivity index (χ4n) is 1.61. The van der Waals surface area contributed by atoms with Crippen molar-refractivity contribution in [3.8, 4) is 0 Å². The Morgan fingerprint density at radius 3 is 2.81 bits per heavy atom. The maximum absolute atomic E-state index is 4.27. The van der Waals surface area contributed by atoms with Crippen molar-refractivity contribution in [1.29, 1.82) is 0 Å². The molecule has 0 unspecified atom stereocenters. The minimum atomic E-state index is 0.846. The van der Waals surface area contributed by atoms with Gasteiger partial charge >= 0.3 is 0 Å². The molecule has 0 aliphatic rings. The molecule has 0 saturated heterocycles. The van der Waals surface area contributed by atoms with Crippen LogP contribution >= 0.6 is 0 Å². The van der Waals surface area contributed by atoms with Crippen LogP contribution in [0.5, 0.6) is 0 Å². The molecule has 0 amide bonds. The lowest BCUT2D eigenvalue weighted by molar-refractivity contribution is 0.603. The van der Waals surface area contributed by atoms with Gasteiger partial charge in [0, 0.05) is 19.3 Å². The number of rotatable bonds is 5. The van der Waals surface area contributed by atoms with Gasteiger partial charge in [0.1, 0.15) is 0 Å². The minimum absolute atomic E-state index is 0.846. The lowest BCUT2D eigenvalue weighted by Crippen LogP contribution is -1.98. The van der Waals surface area contributed by atoms with Crippen molar-refractivity contribution in [2.45, 2.75) is 26.4 Å². The Bertz CT molecular complexity index is 420. The molecule has 0 bridgehead atoms. The summed E-state index contributed by atoms with van der Waals surface area (Å²) in [4.78, 5) is 0. The highest BCUT2D eigenvalue weighted by atomic mass is 15.3. The van der Waals surface area contributed by atoms with Gasteiger partial charge in [0.25, 0.3) is 0 Å². The predicted molar refractivity (Wildman–Crippen MR) is 66.3 cm³/mol. The van der Waals surface area contributed by atoms with Crippen molar-refractivity contribution < 1.29 is 0 Å². The number of hydrogen-bond donors (Lipinski definition) is 1. The molecule has 84 valence electrons. The fraction of sp³-hybridized carbons (Fsp3) is 0.308. The largest absolute Gasteiger partial charge is 0.378 e. The molecular weight excluding hydrogens is 198 g/mol. The molecule has 0 radical (unpaired) electrons. The van der Waals surface area contributed by atoms with Crippen molar-refractivity contribution in [3.63, 3.8) is 0 Å². The number of benzene rings is 1. The highest BCUT2D eigenvalue weighted by Gasteiger charge is 1.97. The second kappa shape index (κ2) is 5.35. The minimum Gasteiger partial charge on any atom is -0.378 e. The SMILES string of the molecule is CCCn1cc(NCc2ccccc2)cn1. The van der Waals surface area contributed by atoms with Crippen LogP contribution in [0.4, 0.5) is 5.69 Å². The van der Waals surface area contributed by atoms with E-state index < -0.39 is 0 Å². The zero-order chi connectivity index (χ0) is 11.2. The van der Waals surface area contributed by atoms with Crippen molar-refractivity contribution in [1.82, 2.24) is 9.78 Å². The van der Waals surface area contributed by atoms with Crippen LogP contribution in [0, 0.1) is 0 Å². The Hall–Kier alpha value is -1.77. The Labute approximate surface area is 96.1 Å². The molecule has 0 fully saturated rings. The molecular formula is C13H17N3. The second-order valence-corrected chi connectivity index (χ2v) is 3.83. The number of nitrogens with one attached hydrogen (secondary N) is 1. The summed E-state index contributed by atoms with van der Waals surface area (Å²) in [6.07, 6.45) is 5.03. The number of hydrogen-bond acceptors (Lipinski definition) is 2. The van der Waals surface area contributed by atoms with Crippen molar-refractivity contribution in [2.75, 3.05) is 5.32 Å². The van der Waals surface area contributed by atoms with E-state index in [0.717, 1.165) is 25.2 Å². The highest BCUT2D eigenvalue weighted by molar-refractivity contribution is 5.39. The highest BCUT2D eigenvalue weighted by Crippen LogP contribution is 2.08. The molecule has 1 aromatic carbocycles. The van der Waals surface area contributed by atoms with E-state index in [1.807, 2.05) is 23.1 Å². The van der Waals surface area contributed by atoms with Crippen LogP contribution in [0.1, 0.15) is 18.9 Å². The average Bonchev–Trinajstić information content (AvgIpc) is 2.76. The van der Waals surface area contributed by atoms with Gasteiger partial charge < -0.3 is 5.32 Å². The Kier molecular flexibility index (Phi) is 3.59. The number of anilines is 1. The Balaban J connectivity index is 1.89. The van der Waals surface area contributed by atoms with E-state index >= 15 is 0 Å². The van der Waals surface area contributed by atoms with Crippen LogP contribution in [0.25, 0.3) is 0 Å². The van der Waals surface area contributed by atoms with Gasteiger partial charge in [-0.3, -0.25) is 4.68 Å². The smallest absolute Gasteiger partial charge is 0.0729 e. The molecule has 0 atom stereocenters. The van der Waals surface area contributed by atoms with Crippen LogP contribution in [-0.2, 0) is 13.1 Å². The van der Waals surface area contributed by atoms with Gasteiger partial charge in [-0.05, 0) is 12.0 Å². The van der Waals surface area contributed by atoms with Crippen molar-refractivity contribution in [2.24, 2.45) is 0 Å². The summed E-state index contributed by atoms with van der Waals surface area (Å²) in [6, 6.07) is 10.4. The molecule has 2 rings (SSSR count). The summed E-state index contributed by atoms with van der Waals surface area (Å²) >= 11 is 0. The zero-order valence-corrected chi connectivity index (χ0v) is 9.56. The van der Waals surface area contributed by atoms with Crippen LogP contribution in [0.2, 0.25) is 0 Å². The summed E-state index contributed by atoms with van der Waals surface area (Å²) in [5.41, 5.74) is 2.36. The zero-order valence-electron chi connectivity index (χ0n) is 9.56. The molecule has 1 heterocycles. The summed E-state index contributed by atoms with van der Waals surface area (Å²) in [7, 11) is 0. The quantitative estimate of drug-likeness (QED) is 0.831. The molecule has 0 spiro atoms. The molecule has 1 aromatic heterocycles. The first-order valence-electron chi connectivity index (χ1n) is 5.68. The van der Waals surface area contributed by atoms with E-state index in [1.54, 1.807) is 0 Å². The lowest BCUT2D eigenvalue weighted by atomic mass is 10.2. The summed E-state index contributed by atoms with van der Waals surface area (Å²) < 4.78 is 1.97. The Morgan fingerprint density at radius 2 is 2.06 bits per heavy atom. The summed E-state index contributed by atoms with van der Waals surface area (Å²) in [5, 5.41) is 7.63. The molecule has 1 N–H and O–H groups in total. The van der Waals surface area contributed by atoms with Gasteiger partial charge in [-0.15, -0.1) is 0 Å². The van der Waals surface area contributed by atoms with Gasteiger partial charge in [0.05, 0.1) is 11.9 Å². The molecule has 3 heteroatoms. The van der Waals surface area contributed by atoms with Gasteiger partial charge in [-0.2, -0.15) is 5.10 Å². The molecule has 0 aliphatic carbocycles. The first-order chi connectivity index (χ1) is 7.88. The van der Waals surface area contributed by atoms with E-state index in [9.17, 15) is 0 Å². The maximum Gasteiger partial charge on any atom is 0.0729 e. The van der Waals surface area contributed by atoms with E-state index in [-0.39, 0.29) is 0 Å². The predicted octanol–water partition coefficient (Wildman–Crippen LogP) is 2.91. The third-order valence-electron chi connectivity index (χ3n) is 2.43. The fourth-order valence-corrected chi connectivity index (χ4v) is 1.61. The van der Waals surface area contributed by atoms with Gasteiger partial charge in [0.15, 0.2) is 0 Å². The van der Waals surface area contributed by atoms with E-state index in [1.165, 1.54) is 5.56 Å². The molecule has 0 aliphatic heterocycles. The molecule has 3 nitrogen and oxygen atoms in total. The Morgan fingerprint density at radius 1 is 1.25 bits per heavy atom. The average molecular weight is 215 g/mol. The number of aromatic nitrogens is 2. The van der Waals surface area contributed by atoms with E-state index in [2.05, 4.69) is 41.6 Å². The first-order valence-corrected chi connectivity index (χ1v) is 5.68. The van der Waals surface area contributed by atoms with Crippen LogP contribution in [0.3, 0.4) is 0 Å². The van der Waals surface area contributed by atoms with Crippen LogP contribution in [0.15, 0.2) is 42.7 Å². The normalized spacial score (nSPS) is 10.3. The summed E-state index contributed by atoms with van der Waals surface area (Å²) in [5.74, 6) is 0. The van der Waals surface area contributed by atoms with Gasteiger partial charge in [-0.25, -0.2) is 0 Å². The van der Waals surface area contributed by atoms with Crippen molar-refractivity contribution in [3.05, 3.63) is 48.3 Å². The summed E-state index contributed by atoms with van der Waals surface area (Å²) in [6.45, 7) is 3.98. The van der Waals surface area contributed by atoms with E-state index in [0.29, 0.717) is 0 Å². The van der Waals surface area contributed by atoms with Gasteiger partial charge in [-0.1, -0.05) is 37.3 Å². The topological polar surface area (TPSA) is 29.9 Å². The third-order valence-corrected chi connectivity index (χ3v) is 2.43. The maximum atomic E-state index is 4.27.